The maximum absolute atomic E-state index is 11.7. The second kappa shape index (κ2) is 7.09. The zero-order valence-corrected chi connectivity index (χ0v) is 16.4. The van der Waals surface area contributed by atoms with Crippen molar-refractivity contribution in [3.05, 3.63) is 47.5 Å². The normalized spacial score (nSPS) is 11.7. The molecule has 0 fully saturated rings. The number of H-pyrrole nitrogens is 1. The SMILES string of the molecule is Cc1ccc2nc(-c3nn(CCCN(C)C)c4ccc(C(N)=O)cc34)[nH]c2c1. The summed E-state index contributed by atoms with van der Waals surface area (Å²) in [7, 11) is 4.12. The van der Waals surface area contributed by atoms with Crippen LogP contribution in [0.1, 0.15) is 22.3 Å². The molecular weight excluding hydrogens is 352 g/mol. The van der Waals surface area contributed by atoms with Crippen molar-refractivity contribution < 1.29 is 4.79 Å². The highest BCUT2D eigenvalue weighted by Gasteiger charge is 2.17. The van der Waals surface area contributed by atoms with E-state index in [4.69, 9.17) is 15.8 Å². The molecule has 0 aliphatic carbocycles. The first-order valence-electron chi connectivity index (χ1n) is 9.34. The van der Waals surface area contributed by atoms with Crippen molar-refractivity contribution in [2.24, 2.45) is 5.73 Å². The Kier molecular flexibility index (Phi) is 4.60. The number of aromatic nitrogens is 4. The molecule has 0 saturated carbocycles. The number of carbonyl (C=O) groups excluding carboxylic acids is 1. The van der Waals surface area contributed by atoms with Gasteiger partial charge in [0.2, 0.25) is 5.91 Å². The Hall–Kier alpha value is -3.19. The maximum atomic E-state index is 11.7. The van der Waals surface area contributed by atoms with Crippen LogP contribution in [-0.2, 0) is 6.54 Å². The van der Waals surface area contributed by atoms with Crippen LogP contribution in [0, 0.1) is 6.92 Å². The van der Waals surface area contributed by atoms with E-state index in [1.807, 2.05) is 29.8 Å². The van der Waals surface area contributed by atoms with Crippen molar-refractivity contribution in [1.82, 2.24) is 24.6 Å². The summed E-state index contributed by atoms with van der Waals surface area (Å²) in [6.07, 6.45) is 0.972. The number of primary amides is 1. The Morgan fingerprint density at radius 2 is 2.04 bits per heavy atom. The molecule has 2 aromatic heterocycles. The Labute approximate surface area is 163 Å². The first kappa shape index (κ1) is 18.2. The highest BCUT2D eigenvalue weighted by molar-refractivity contribution is 6.01. The largest absolute Gasteiger partial charge is 0.366 e. The molecule has 0 aliphatic rings. The fourth-order valence-electron chi connectivity index (χ4n) is 3.45. The lowest BCUT2D eigenvalue weighted by molar-refractivity contribution is 0.100. The first-order chi connectivity index (χ1) is 13.4. The van der Waals surface area contributed by atoms with Crippen LogP contribution in [0.25, 0.3) is 33.5 Å². The van der Waals surface area contributed by atoms with Gasteiger partial charge in [-0.3, -0.25) is 9.48 Å². The number of amides is 1. The van der Waals surface area contributed by atoms with Crippen LogP contribution in [-0.4, -0.2) is 51.2 Å². The number of nitrogens with one attached hydrogen (secondary N) is 1. The smallest absolute Gasteiger partial charge is 0.248 e. The van der Waals surface area contributed by atoms with Gasteiger partial charge in [0.25, 0.3) is 0 Å². The molecule has 2 heterocycles. The van der Waals surface area contributed by atoms with Crippen molar-refractivity contribution in [1.29, 1.82) is 0 Å². The lowest BCUT2D eigenvalue weighted by atomic mass is 10.1. The molecule has 0 bridgehead atoms. The number of carbonyl (C=O) groups is 1. The third kappa shape index (κ3) is 3.36. The van der Waals surface area contributed by atoms with E-state index >= 15 is 0 Å². The molecule has 0 aliphatic heterocycles. The standard InChI is InChI=1S/C21H24N6O/c1-13-5-7-16-17(11-13)24-21(23-16)19-15-12-14(20(22)28)6-8-18(15)27(25-19)10-4-9-26(2)3/h5-8,11-12H,4,9-10H2,1-3H3,(H2,22,28)(H,23,24). The van der Waals surface area contributed by atoms with E-state index in [-0.39, 0.29) is 0 Å². The summed E-state index contributed by atoms with van der Waals surface area (Å²) in [5.74, 6) is 0.243. The van der Waals surface area contributed by atoms with Crippen LogP contribution in [0.3, 0.4) is 0 Å². The van der Waals surface area contributed by atoms with Crippen LogP contribution in [0.2, 0.25) is 0 Å². The predicted octanol–water partition coefficient (Wildman–Crippen LogP) is 2.94. The van der Waals surface area contributed by atoms with Crippen LogP contribution in [0.5, 0.6) is 0 Å². The average Bonchev–Trinajstić information content (AvgIpc) is 3.22. The molecule has 7 nitrogen and oxygen atoms in total. The summed E-state index contributed by atoms with van der Waals surface area (Å²) in [6, 6.07) is 11.6. The van der Waals surface area contributed by atoms with Gasteiger partial charge in [0, 0.05) is 17.5 Å². The maximum Gasteiger partial charge on any atom is 0.248 e. The highest BCUT2D eigenvalue weighted by Crippen LogP contribution is 2.29. The Bertz CT molecular complexity index is 1170. The van der Waals surface area contributed by atoms with Gasteiger partial charge in [-0.1, -0.05) is 6.07 Å². The monoisotopic (exact) mass is 376 g/mol. The van der Waals surface area contributed by atoms with Gasteiger partial charge >= 0.3 is 0 Å². The van der Waals surface area contributed by atoms with Crippen LogP contribution in [0.4, 0.5) is 0 Å². The number of aromatic amines is 1. The minimum absolute atomic E-state index is 0.451. The fraction of sp³-hybridized carbons (Fsp3) is 0.286. The molecule has 28 heavy (non-hydrogen) atoms. The zero-order valence-electron chi connectivity index (χ0n) is 16.4. The summed E-state index contributed by atoms with van der Waals surface area (Å²) in [5, 5.41) is 5.70. The van der Waals surface area contributed by atoms with Gasteiger partial charge in [-0.15, -0.1) is 0 Å². The molecule has 144 valence electrons. The third-order valence-electron chi connectivity index (χ3n) is 4.87. The number of hydrogen-bond acceptors (Lipinski definition) is 4. The number of rotatable bonds is 6. The highest BCUT2D eigenvalue weighted by atomic mass is 16.1. The molecule has 0 spiro atoms. The number of aryl methyl sites for hydroxylation is 2. The number of nitrogens with two attached hydrogens (primary N) is 1. The minimum Gasteiger partial charge on any atom is -0.366 e. The van der Waals surface area contributed by atoms with Crippen LogP contribution < -0.4 is 5.73 Å². The summed E-state index contributed by atoms with van der Waals surface area (Å²) in [6.45, 7) is 3.80. The molecule has 0 saturated heterocycles. The molecule has 1 amide bonds. The lowest BCUT2D eigenvalue weighted by Gasteiger charge is -2.09. The second-order valence-electron chi connectivity index (χ2n) is 7.43. The van der Waals surface area contributed by atoms with Crippen molar-refractivity contribution >= 4 is 27.8 Å². The topological polar surface area (TPSA) is 92.8 Å². The van der Waals surface area contributed by atoms with E-state index < -0.39 is 5.91 Å². The van der Waals surface area contributed by atoms with Crippen LogP contribution in [0.15, 0.2) is 36.4 Å². The zero-order chi connectivity index (χ0) is 19.8. The summed E-state index contributed by atoms with van der Waals surface area (Å²) >= 11 is 0. The molecule has 3 N–H and O–H groups in total. The fourth-order valence-corrected chi connectivity index (χ4v) is 3.45. The molecule has 4 aromatic rings. The van der Waals surface area contributed by atoms with E-state index in [2.05, 4.69) is 30.0 Å². The molecule has 0 unspecified atom stereocenters. The van der Waals surface area contributed by atoms with E-state index in [1.165, 1.54) is 0 Å². The summed E-state index contributed by atoms with van der Waals surface area (Å²) < 4.78 is 1.98. The number of hydrogen-bond donors (Lipinski definition) is 2. The Morgan fingerprint density at radius 1 is 1.21 bits per heavy atom. The Morgan fingerprint density at radius 3 is 2.79 bits per heavy atom. The molecule has 7 heteroatoms. The number of fused-ring (bicyclic) bond motifs is 2. The van der Waals surface area contributed by atoms with Gasteiger partial charge in [-0.05, 0) is 69.9 Å². The van der Waals surface area contributed by atoms with Crippen molar-refractivity contribution in [3.8, 4) is 11.5 Å². The van der Waals surface area contributed by atoms with Crippen molar-refractivity contribution in [3.63, 3.8) is 0 Å². The van der Waals surface area contributed by atoms with Gasteiger partial charge in [0.05, 0.1) is 16.6 Å². The van der Waals surface area contributed by atoms with E-state index in [0.717, 1.165) is 52.7 Å². The molecule has 0 radical (unpaired) electrons. The minimum atomic E-state index is -0.451. The molecule has 0 atom stereocenters. The van der Waals surface area contributed by atoms with E-state index in [1.54, 1.807) is 12.1 Å². The van der Waals surface area contributed by atoms with Gasteiger partial charge in [-0.2, -0.15) is 5.10 Å². The van der Waals surface area contributed by atoms with E-state index in [9.17, 15) is 4.79 Å². The average molecular weight is 376 g/mol. The van der Waals surface area contributed by atoms with Crippen LogP contribution >= 0.6 is 0 Å². The number of imidazole rings is 1. The van der Waals surface area contributed by atoms with Gasteiger partial charge < -0.3 is 15.6 Å². The van der Waals surface area contributed by atoms with E-state index in [0.29, 0.717) is 11.4 Å². The number of nitrogens with zero attached hydrogens (tertiary/aromatic N) is 4. The van der Waals surface area contributed by atoms with Crippen molar-refractivity contribution in [2.45, 2.75) is 19.9 Å². The second-order valence-corrected chi connectivity index (χ2v) is 7.43. The van der Waals surface area contributed by atoms with Gasteiger partial charge in [0.15, 0.2) is 5.82 Å². The van der Waals surface area contributed by atoms with Gasteiger partial charge in [0.1, 0.15) is 5.69 Å². The molecule has 2 aromatic carbocycles. The summed E-state index contributed by atoms with van der Waals surface area (Å²) in [5.41, 5.74) is 10.7. The third-order valence-corrected chi connectivity index (χ3v) is 4.87. The quantitative estimate of drug-likeness (QED) is 0.541. The predicted molar refractivity (Wildman–Crippen MR) is 111 cm³/mol. The van der Waals surface area contributed by atoms with Crippen molar-refractivity contribution in [2.75, 3.05) is 20.6 Å². The first-order valence-corrected chi connectivity index (χ1v) is 9.34. The lowest BCUT2D eigenvalue weighted by Crippen LogP contribution is -2.15. The number of benzene rings is 2. The summed E-state index contributed by atoms with van der Waals surface area (Å²) in [4.78, 5) is 21.9. The Balaban J connectivity index is 1.84. The molecule has 4 rings (SSSR count). The molecular formula is C21H24N6O. The van der Waals surface area contributed by atoms with Gasteiger partial charge in [-0.25, -0.2) is 4.98 Å².